The standard InChI is InChI=1S/C8H6O2S2/c9-8-4-6(10-5-12-8)7-2-1-3-11-7/h1-4H,5H2. The molecular formula is C8H6O2S2. The number of hydrogen-bond acceptors (Lipinski definition) is 4. The number of rotatable bonds is 1. The summed E-state index contributed by atoms with van der Waals surface area (Å²) < 4.78 is 5.31. The molecule has 0 N–H and O–H groups in total. The zero-order chi connectivity index (χ0) is 8.39. The van der Waals surface area contributed by atoms with Gasteiger partial charge in [-0.3, -0.25) is 4.79 Å². The highest BCUT2D eigenvalue weighted by molar-refractivity contribution is 8.14. The highest BCUT2D eigenvalue weighted by Crippen LogP contribution is 2.26. The van der Waals surface area contributed by atoms with E-state index in [0.717, 1.165) is 4.88 Å². The molecule has 2 rings (SSSR count). The Hall–Kier alpha value is -0.740. The van der Waals surface area contributed by atoms with Crippen LogP contribution < -0.4 is 0 Å². The molecule has 0 saturated heterocycles. The minimum absolute atomic E-state index is 0.0738. The lowest BCUT2D eigenvalue weighted by atomic mass is 10.4. The Morgan fingerprint density at radius 2 is 2.42 bits per heavy atom. The summed E-state index contributed by atoms with van der Waals surface area (Å²) in [6, 6.07) is 3.89. The quantitative estimate of drug-likeness (QED) is 0.692. The topological polar surface area (TPSA) is 26.3 Å². The molecular weight excluding hydrogens is 192 g/mol. The average Bonchev–Trinajstić information content (AvgIpc) is 2.56. The van der Waals surface area contributed by atoms with Gasteiger partial charge in [0.05, 0.1) is 4.88 Å². The zero-order valence-corrected chi connectivity index (χ0v) is 7.78. The van der Waals surface area contributed by atoms with Gasteiger partial charge >= 0.3 is 0 Å². The molecule has 1 aliphatic rings. The summed E-state index contributed by atoms with van der Waals surface area (Å²) >= 11 is 2.76. The molecule has 1 aliphatic heterocycles. The molecule has 0 aliphatic carbocycles. The molecule has 0 atom stereocenters. The molecule has 0 radical (unpaired) electrons. The predicted octanol–water partition coefficient (Wildman–Crippen LogP) is 2.34. The third-order valence-corrected chi connectivity index (χ3v) is 2.95. The van der Waals surface area contributed by atoms with E-state index < -0.39 is 0 Å². The first-order chi connectivity index (χ1) is 5.86. The van der Waals surface area contributed by atoms with Gasteiger partial charge < -0.3 is 4.74 Å². The molecule has 1 aromatic heterocycles. The first-order valence-corrected chi connectivity index (χ1v) is 5.28. The van der Waals surface area contributed by atoms with Crippen LogP contribution in [0, 0.1) is 0 Å². The molecule has 2 nitrogen and oxygen atoms in total. The van der Waals surface area contributed by atoms with E-state index in [0.29, 0.717) is 11.7 Å². The Kier molecular flexibility index (Phi) is 2.19. The lowest BCUT2D eigenvalue weighted by molar-refractivity contribution is -0.107. The Balaban J connectivity index is 2.29. The van der Waals surface area contributed by atoms with Crippen molar-refractivity contribution in [3.63, 3.8) is 0 Å². The maximum Gasteiger partial charge on any atom is 0.219 e. The molecule has 4 heteroatoms. The van der Waals surface area contributed by atoms with Gasteiger partial charge in [-0.2, -0.15) is 0 Å². The summed E-state index contributed by atoms with van der Waals surface area (Å²) in [6.45, 7) is 0. The molecule has 2 heterocycles. The molecule has 0 aromatic carbocycles. The van der Waals surface area contributed by atoms with Crippen molar-refractivity contribution >= 4 is 34.0 Å². The van der Waals surface area contributed by atoms with Gasteiger partial charge in [0.15, 0.2) is 0 Å². The van der Waals surface area contributed by atoms with Gasteiger partial charge in [-0.15, -0.1) is 11.3 Å². The molecule has 1 aromatic rings. The van der Waals surface area contributed by atoms with Crippen molar-refractivity contribution in [2.75, 3.05) is 5.94 Å². The largest absolute Gasteiger partial charge is 0.481 e. The van der Waals surface area contributed by atoms with Crippen LogP contribution in [0.5, 0.6) is 0 Å². The van der Waals surface area contributed by atoms with Crippen molar-refractivity contribution in [3.8, 4) is 0 Å². The van der Waals surface area contributed by atoms with Crippen LogP contribution in [0.1, 0.15) is 4.88 Å². The number of carbonyl (C=O) groups excluding carboxylic acids is 1. The number of thioether (sulfide) groups is 1. The van der Waals surface area contributed by atoms with Crippen LogP contribution in [0.4, 0.5) is 0 Å². The van der Waals surface area contributed by atoms with Crippen LogP contribution in [0.15, 0.2) is 23.6 Å². The van der Waals surface area contributed by atoms with E-state index in [9.17, 15) is 4.79 Å². The molecule has 0 fully saturated rings. The van der Waals surface area contributed by atoms with Gasteiger partial charge in [-0.05, 0) is 23.2 Å². The van der Waals surface area contributed by atoms with Crippen molar-refractivity contribution in [1.82, 2.24) is 0 Å². The average molecular weight is 198 g/mol. The third kappa shape index (κ3) is 1.54. The Morgan fingerprint density at radius 1 is 1.50 bits per heavy atom. The summed E-state index contributed by atoms with van der Waals surface area (Å²) in [5.41, 5.74) is 0. The maximum absolute atomic E-state index is 11.0. The zero-order valence-electron chi connectivity index (χ0n) is 6.15. The van der Waals surface area contributed by atoms with Crippen molar-refractivity contribution in [2.45, 2.75) is 0 Å². The lowest BCUT2D eigenvalue weighted by Gasteiger charge is -2.11. The Morgan fingerprint density at radius 3 is 3.08 bits per heavy atom. The lowest BCUT2D eigenvalue weighted by Crippen LogP contribution is -2.01. The van der Waals surface area contributed by atoms with Crippen molar-refractivity contribution in [1.29, 1.82) is 0 Å². The first kappa shape index (κ1) is 7.89. The van der Waals surface area contributed by atoms with Crippen LogP contribution in [-0.2, 0) is 9.53 Å². The molecule has 0 saturated carbocycles. The second-order valence-electron chi connectivity index (χ2n) is 2.21. The van der Waals surface area contributed by atoms with E-state index in [-0.39, 0.29) is 5.12 Å². The summed E-state index contributed by atoms with van der Waals surface area (Å²) in [7, 11) is 0. The Labute approximate surface area is 78.2 Å². The van der Waals surface area contributed by atoms with Gasteiger partial charge in [-0.1, -0.05) is 6.07 Å². The second-order valence-corrected chi connectivity index (χ2v) is 4.09. The van der Waals surface area contributed by atoms with Crippen molar-refractivity contribution in [2.24, 2.45) is 0 Å². The minimum atomic E-state index is 0.0738. The van der Waals surface area contributed by atoms with E-state index in [1.807, 2.05) is 17.5 Å². The molecule has 0 bridgehead atoms. The fourth-order valence-electron chi connectivity index (χ4n) is 0.902. The van der Waals surface area contributed by atoms with Gasteiger partial charge in [0.2, 0.25) is 5.12 Å². The van der Waals surface area contributed by atoms with E-state index in [1.165, 1.54) is 11.8 Å². The third-order valence-electron chi connectivity index (χ3n) is 1.43. The van der Waals surface area contributed by atoms with Crippen LogP contribution in [0.25, 0.3) is 5.76 Å². The normalized spacial score (nSPS) is 17.0. The highest BCUT2D eigenvalue weighted by Gasteiger charge is 2.13. The van der Waals surface area contributed by atoms with Gasteiger partial charge in [-0.25, -0.2) is 0 Å². The van der Waals surface area contributed by atoms with E-state index in [4.69, 9.17) is 4.74 Å². The summed E-state index contributed by atoms with van der Waals surface area (Å²) in [6.07, 6.45) is 1.54. The monoisotopic (exact) mass is 198 g/mol. The van der Waals surface area contributed by atoms with Crippen LogP contribution in [-0.4, -0.2) is 11.1 Å². The SMILES string of the molecule is O=C1C=C(c2cccs2)OCS1. The fraction of sp³-hybridized carbons (Fsp3) is 0.125. The molecule has 62 valence electrons. The number of ether oxygens (including phenoxy) is 1. The maximum atomic E-state index is 11.0. The fourth-order valence-corrected chi connectivity index (χ4v) is 2.09. The summed E-state index contributed by atoms with van der Waals surface area (Å²) in [5, 5.41) is 2.04. The Bertz CT molecular complexity index is 314. The van der Waals surface area contributed by atoms with E-state index in [1.54, 1.807) is 17.4 Å². The molecule has 0 spiro atoms. The number of carbonyl (C=O) groups is 1. The first-order valence-electron chi connectivity index (χ1n) is 3.41. The van der Waals surface area contributed by atoms with Gasteiger partial charge in [0, 0.05) is 6.08 Å². The summed E-state index contributed by atoms with van der Waals surface area (Å²) in [4.78, 5) is 12.0. The molecule has 0 amide bonds. The summed E-state index contributed by atoms with van der Waals surface area (Å²) in [5.74, 6) is 1.14. The highest BCUT2D eigenvalue weighted by atomic mass is 32.2. The van der Waals surface area contributed by atoms with E-state index >= 15 is 0 Å². The van der Waals surface area contributed by atoms with Crippen molar-refractivity contribution in [3.05, 3.63) is 28.5 Å². The van der Waals surface area contributed by atoms with Gasteiger partial charge in [0.25, 0.3) is 0 Å². The predicted molar refractivity (Wildman–Crippen MR) is 50.8 cm³/mol. The van der Waals surface area contributed by atoms with E-state index in [2.05, 4.69) is 0 Å². The number of hydrogen-bond donors (Lipinski definition) is 0. The van der Waals surface area contributed by atoms with Gasteiger partial charge in [0.1, 0.15) is 11.7 Å². The minimum Gasteiger partial charge on any atom is -0.481 e. The van der Waals surface area contributed by atoms with Crippen LogP contribution in [0.2, 0.25) is 0 Å². The smallest absolute Gasteiger partial charge is 0.219 e. The number of thiophene rings is 1. The van der Waals surface area contributed by atoms with Crippen LogP contribution >= 0.6 is 23.1 Å². The second kappa shape index (κ2) is 3.33. The van der Waals surface area contributed by atoms with Crippen LogP contribution in [0.3, 0.4) is 0 Å². The molecule has 12 heavy (non-hydrogen) atoms. The molecule has 0 unspecified atom stereocenters. The van der Waals surface area contributed by atoms with Crippen molar-refractivity contribution < 1.29 is 9.53 Å².